The van der Waals surface area contributed by atoms with E-state index in [1.807, 2.05) is 0 Å². The zero-order valence-corrected chi connectivity index (χ0v) is 11.6. The van der Waals surface area contributed by atoms with Crippen molar-refractivity contribution in [2.24, 2.45) is 5.41 Å². The highest BCUT2D eigenvalue weighted by atomic mass is 16.6. The zero-order valence-electron chi connectivity index (χ0n) is 11.6. The minimum absolute atomic E-state index is 0.126. The van der Waals surface area contributed by atoms with Gasteiger partial charge in [-0.15, -0.1) is 0 Å². The second kappa shape index (κ2) is 5.64. The van der Waals surface area contributed by atoms with Crippen molar-refractivity contribution in [3.63, 3.8) is 0 Å². The number of esters is 3. The normalized spacial score (nSPS) is 23.4. The molecule has 0 amide bonds. The maximum absolute atomic E-state index is 12.2. The molecule has 0 aromatic carbocycles. The lowest BCUT2D eigenvalue weighted by atomic mass is 9.71. The Morgan fingerprint density at radius 2 is 1.90 bits per heavy atom. The SMILES string of the molecule is CCOC(=O)C1(C(=O)OCC)CCC2OC(=O)C=C2C1. The fraction of sp³-hybridized carbons (Fsp3) is 0.643. The van der Waals surface area contributed by atoms with Gasteiger partial charge in [-0.2, -0.15) is 0 Å². The van der Waals surface area contributed by atoms with Crippen LogP contribution < -0.4 is 0 Å². The van der Waals surface area contributed by atoms with E-state index in [1.165, 1.54) is 6.08 Å². The molecule has 0 aromatic rings. The fourth-order valence-corrected chi connectivity index (χ4v) is 2.69. The van der Waals surface area contributed by atoms with Crippen molar-refractivity contribution in [3.8, 4) is 0 Å². The van der Waals surface area contributed by atoms with Crippen molar-refractivity contribution >= 4 is 17.9 Å². The molecule has 2 rings (SSSR count). The monoisotopic (exact) mass is 282 g/mol. The van der Waals surface area contributed by atoms with Gasteiger partial charge >= 0.3 is 17.9 Å². The minimum Gasteiger partial charge on any atom is -0.465 e. The summed E-state index contributed by atoms with van der Waals surface area (Å²) >= 11 is 0. The van der Waals surface area contributed by atoms with Crippen LogP contribution in [-0.4, -0.2) is 37.2 Å². The van der Waals surface area contributed by atoms with E-state index in [2.05, 4.69) is 0 Å². The summed E-state index contributed by atoms with van der Waals surface area (Å²) in [6, 6.07) is 0. The van der Waals surface area contributed by atoms with Crippen molar-refractivity contribution in [1.82, 2.24) is 0 Å². The number of carbonyl (C=O) groups is 3. The van der Waals surface area contributed by atoms with Gasteiger partial charge in [0.15, 0.2) is 5.41 Å². The predicted octanol–water partition coefficient (Wildman–Crippen LogP) is 1.13. The Bertz CT molecular complexity index is 446. The van der Waals surface area contributed by atoms with Crippen LogP contribution in [0.3, 0.4) is 0 Å². The molecule has 0 spiro atoms. The van der Waals surface area contributed by atoms with Crippen LogP contribution in [0.15, 0.2) is 11.6 Å². The van der Waals surface area contributed by atoms with E-state index in [1.54, 1.807) is 13.8 Å². The summed E-state index contributed by atoms with van der Waals surface area (Å²) in [5.74, 6) is -1.59. The maximum atomic E-state index is 12.2. The molecule has 1 atom stereocenters. The number of fused-ring (bicyclic) bond motifs is 1. The van der Waals surface area contributed by atoms with Gasteiger partial charge < -0.3 is 14.2 Å². The molecule has 0 radical (unpaired) electrons. The van der Waals surface area contributed by atoms with Gasteiger partial charge in [-0.1, -0.05) is 0 Å². The Kier molecular flexibility index (Phi) is 4.11. The Labute approximate surface area is 117 Å². The molecule has 0 saturated heterocycles. The van der Waals surface area contributed by atoms with E-state index in [-0.39, 0.29) is 32.2 Å². The van der Waals surface area contributed by atoms with E-state index in [4.69, 9.17) is 14.2 Å². The van der Waals surface area contributed by atoms with Gasteiger partial charge in [0.25, 0.3) is 0 Å². The first-order valence-corrected chi connectivity index (χ1v) is 6.79. The third-order valence-corrected chi connectivity index (χ3v) is 3.65. The van der Waals surface area contributed by atoms with Gasteiger partial charge in [-0.05, 0) is 38.7 Å². The van der Waals surface area contributed by atoms with Gasteiger partial charge in [0.05, 0.1) is 13.2 Å². The molecular formula is C14H18O6. The molecule has 1 heterocycles. The first-order chi connectivity index (χ1) is 9.53. The van der Waals surface area contributed by atoms with Crippen LogP contribution in [0.4, 0.5) is 0 Å². The van der Waals surface area contributed by atoms with E-state index in [9.17, 15) is 14.4 Å². The van der Waals surface area contributed by atoms with Crippen molar-refractivity contribution in [3.05, 3.63) is 11.6 Å². The van der Waals surface area contributed by atoms with Crippen LogP contribution in [0.25, 0.3) is 0 Å². The first kappa shape index (κ1) is 14.6. The highest BCUT2D eigenvalue weighted by Crippen LogP contribution is 2.44. The van der Waals surface area contributed by atoms with Crippen molar-refractivity contribution in [1.29, 1.82) is 0 Å². The molecule has 0 aromatic heterocycles. The van der Waals surface area contributed by atoms with Crippen LogP contribution in [-0.2, 0) is 28.6 Å². The molecule has 6 nitrogen and oxygen atoms in total. The molecule has 1 saturated carbocycles. The second-order valence-corrected chi connectivity index (χ2v) is 4.88. The van der Waals surface area contributed by atoms with Crippen LogP contribution in [0.5, 0.6) is 0 Å². The smallest absolute Gasteiger partial charge is 0.331 e. The molecule has 110 valence electrons. The summed E-state index contributed by atoms with van der Waals surface area (Å²) in [7, 11) is 0. The highest BCUT2D eigenvalue weighted by molar-refractivity contribution is 6.01. The molecule has 6 heteroatoms. The van der Waals surface area contributed by atoms with E-state index >= 15 is 0 Å². The molecule has 0 N–H and O–H groups in total. The van der Waals surface area contributed by atoms with Gasteiger partial charge in [0.1, 0.15) is 6.10 Å². The van der Waals surface area contributed by atoms with Crippen LogP contribution in [0, 0.1) is 5.41 Å². The lowest BCUT2D eigenvalue weighted by Crippen LogP contribution is -2.46. The Hall–Kier alpha value is -1.85. The highest BCUT2D eigenvalue weighted by Gasteiger charge is 2.54. The maximum Gasteiger partial charge on any atom is 0.331 e. The van der Waals surface area contributed by atoms with Crippen molar-refractivity contribution in [2.75, 3.05) is 13.2 Å². The van der Waals surface area contributed by atoms with E-state index in [0.29, 0.717) is 12.0 Å². The summed E-state index contributed by atoms with van der Waals surface area (Å²) in [5.41, 5.74) is -0.676. The Morgan fingerprint density at radius 3 is 2.45 bits per heavy atom. The van der Waals surface area contributed by atoms with E-state index < -0.39 is 23.3 Å². The number of carbonyl (C=O) groups excluding carboxylic acids is 3. The fourth-order valence-electron chi connectivity index (χ4n) is 2.69. The summed E-state index contributed by atoms with van der Waals surface area (Å²) in [6.45, 7) is 3.75. The van der Waals surface area contributed by atoms with Gasteiger partial charge in [0.2, 0.25) is 0 Å². The molecule has 1 aliphatic heterocycles. The van der Waals surface area contributed by atoms with Crippen LogP contribution in [0.2, 0.25) is 0 Å². The number of ether oxygens (including phenoxy) is 3. The van der Waals surface area contributed by atoms with Crippen LogP contribution >= 0.6 is 0 Å². The lowest BCUT2D eigenvalue weighted by Gasteiger charge is -2.35. The molecule has 0 bridgehead atoms. The first-order valence-electron chi connectivity index (χ1n) is 6.79. The molecule has 1 aliphatic carbocycles. The predicted molar refractivity (Wildman–Crippen MR) is 67.5 cm³/mol. The minimum atomic E-state index is -1.34. The third-order valence-electron chi connectivity index (χ3n) is 3.65. The number of hydrogen-bond donors (Lipinski definition) is 0. The van der Waals surface area contributed by atoms with E-state index in [0.717, 1.165) is 0 Å². The zero-order chi connectivity index (χ0) is 14.8. The Morgan fingerprint density at radius 1 is 1.30 bits per heavy atom. The summed E-state index contributed by atoms with van der Waals surface area (Å²) in [6.07, 6.45) is 1.85. The second-order valence-electron chi connectivity index (χ2n) is 4.88. The van der Waals surface area contributed by atoms with Gasteiger partial charge in [-0.25, -0.2) is 4.79 Å². The standard InChI is InChI=1S/C14H18O6/c1-3-18-12(16)14(13(17)19-4-2)6-5-10-9(8-14)7-11(15)20-10/h7,10H,3-6,8H2,1-2H3. The lowest BCUT2D eigenvalue weighted by molar-refractivity contribution is -0.174. The average molecular weight is 282 g/mol. The molecular weight excluding hydrogens is 264 g/mol. The largest absolute Gasteiger partial charge is 0.465 e. The number of hydrogen-bond acceptors (Lipinski definition) is 6. The topological polar surface area (TPSA) is 78.9 Å². The third kappa shape index (κ3) is 2.42. The molecule has 1 unspecified atom stereocenters. The quantitative estimate of drug-likeness (QED) is 0.437. The van der Waals surface area contributed by atoms with Gasteiger partial charge in [0, 0.05) is 6.08 Å². The summed E-state index contributed by atoms with van der Waals surface area (Å²) in [5, 5.41) is 0. The average Bonchev–Trinajstić information content (AvgIpc) is 2.77. The summed E-state index contributed by atoms with van der Waals surface area (Å²) < 4.78 is 15.2. The number of rotatable bonds is 4. The van der Waals surface area contributed by atoms with Crippen LogP contribution in [0.1, 0.15) is 33.1 Å². The molecule has 2 aliphatic rings. The molecule has 1 fully saturated rings. The summed E-state index contributed by atoms with van der Waals surface area (Å²) in [4.78, 5) is 35.7. The van der Waals surface area contributed by atoms with Gasteiger partial charge in [-0.3, -0.25) is 9.59 Å². The van der Waals surface area contributed by atoms with Crippen molar-refractivity contribution < 1.29 is 28.6 Å². The molecule has 20 heavy (non-hydrogen) atoms. The Balaban J connectivity index is 2.28. The van der Waals surface area contributed by atoms with Crippen molar-refractivity contribution in [2.45, 2.75) is 39.2 Å².